The van der Waals surface area contributed by atoms with E-state index in [0.29, 0.717) is 5.56 Å². The maximum Gasteiger partial charge on any atom is 0.345 e. The fourth-order valence-electron chi connectivity index (χ4n) is 1.71. The number of rotatable bonds is 3. The molecule has 0 saturated heterocycles. The number of thiophene rings is 1. The third-order valence-corrected chi connectivity index (χ3v) is 3.88. The molecule has 0 aromatic carbocycles. The topological polar surface area (TPSA) is 81.3 Å². The fourth-order valence-corrected chi connectivity index (χ4v) is 2.58. The molecule has 0 atom stereocenters. The molecule has 0 aliphatic carbocycles. The van der Waals surface area contributed by atoms with Crippen LogP contribution in [0, 0.1) is 6.92 Å². The van der Waals surface area contributed by atoms with Crippen molar-refractivity contribution in [3.8, 4) is 0 Å². The second-order valence-corrected chi connectivity index (χ2v) is 5.39. The van der Waals surface area contributed by atoms with Crippen LogP contribution >= 0.6 is 11.3 Å². The molecular formula is C12H12N2O4S. The minimum Gasteiger partial charge on any atom is -0.477 e. The summed E-state index contributed by atoms with van der Waals surface area (Å²) in [5, 5.41) is 8.92. The Bertz CT molecular complexity index is 754. The van der Waals surface area contributed by atoms with Gasteiger partial charge in [-0.1, -0.05) is 0 Å². The van der Waals surface area contributed by atoms with Crippen LogP contribution < -0.4 is 11.2 Å². The van der Waals surface area contributed by atoms with E-state index in [9.17, 15) is 14.4 Å². The van der Waals surface area contributed by atoms with Gasteiger partial charge in [0.2, 0.25) is 0 Å². The van der Waals surface area contributed by atoms with Crippen molar-refractivity contribution in [1.82, 2.24) is 9.13 Å². The summed E-state index contributed by atoms with van der Waals surface area (Å²) in [6.45, 7) is 1.85. The molecule has 1 N–H and O–H groups in total. The minimum absolute atomic E-state index is 0.0853. The summed E-state index contributed by atoms with van der Waals surface area (Å²) >= 11 is 1.13. The number of carboxylic acids is 1. The van der Waals surface area contributed by atoms with Gasteiger partial charge in [0, 0.05) is 24.2 Å². The minimum atomic E-state index is -1.01. The van der Waals surface area contributed by atoms with Crippen molar-refractivity contribution in [2.75, 3.05) is 0 Å². The van der Waals surface area contributed by atoms with E-state index < -0.39 is 17.2 Å². The summed E-state index contributed by atoms with van der Waals surface area (Å²) in [4.78, 5) is 35.4. The van der Waals surface area contributed by atoms with Gasteiger partial charge < -0.3 is 9.67 Å². The lowest BCUT2D eigenvalue weighted by Gasteiger charge is -2.05. The number of carbonyl (C=O) groups is 1. The average Bonchev–Trinajstić information content (AvgIpc) is 2.72. The van der Waals surface area contributed by atoms with Crippen LogP contribution in [0.25, 0.3) is 0 Å². The number of carboxylic acid groups (broad SMARTS) is 1. The molecule has 6 nitrogen and oxygen atoms in total. The number of nitrogens with zero attached hydrogens (tertiary/aromatic N) is 2. The van der Waals surface area contributed by atoms with Gasteiger partial charge in [0.15, 0.2) is 0 Å². The van der Waals surface area contributed by atoms with Crippen LogP contribution in [0.4, 0.5) is 0 Å². The van der Waals surface area contributed by atoms with Gasteiger partial charge in [0.05, 0.1) is 6.54 Å². The molecule has 0 aliphatic heterocycles. The summed E-state index contributed by atoms with van der Waals surface area (Å²) in [5.41, 5.74) is -0.145. The Morgan fingerprint density at radius 3 is 2.68 bits per heavy atom. The maximum atomic E-state index is 11.9. The number of hydrogen-bond acceptors (Lipinski definition) is 4. The molecule has 2 rings (SSSR count). The molecular weight excluding hydrogens is 268 g/mol. The molecule has 0 amide bonds. The van der Waals surface area contributed by atoms with E-state index in [0.717, 1.165) is 20.8 Å². The quantitative estimate of drug-likeness (QED) is 0.895. The van der Waals surface area contributed by atoms with Crippen LogP contribution in [0.15, 0.2) is 27.9 Å². The smallest absolute Gasteiger partial charge is 0.345 e. The highest BCUT2D eigenvalue weighted by Crippen LogP contribution is 2.21. The van der Waals surface area contributed by atoms with E-state index in [1.807, 2.05) is 0 Å². The fraction of sp³-hybridized carbons (Fsp3) is 0.250. The molecule has 2 aromatic heterocycles. The monoisotopic (exact) mass is 280 g/mol. The second kappa shape index (κ2) is 4.85. The SMILES string of the molecule is Cc1sc(C(=O)O)cc1Cn1c(=O)ccn(C)c1=O. The molecule has 100 valence electrons. The molecule has 0 bridgehead atoms. The Morgan fingerprint density at radius 2 is 2.11 bits per heavy atom. The molecule has 0 spiro atoms. The van der Waals surface area contributed by atoms with E-state index in [-0.39, 0.29) is 11.4 Å². The third-order valence-electron chi connectivity index (χ3n) is 2.80. The zero-order valence-corrected chi connectivity index (χ0v) is 11.2. The summed E-state index contributed by atoms with van der Waals surface area (Å²) in [6, 6.07) is 2.81. The van der Waals surface area contributed by atoms with Gasteiger partial charge >= 0.3 is 11.7 Å². The van der Waals surface area contributed by atoms with Crippen LogP contribution in [-0.2, 0) is 13.6 Å². The van der Waals surface area contributed by atoms with Crippen molar-refractivity contribution < 1.29 is 9.90 Å². The van der Waals surface area contributed by atoms with Crippen molar-refractivity contribution in [1.29, 1.82) is 0 Å². The van der Waals surface area contributed by atoms with Crippen molar-refractivity contribution in [3.05, 3.63) is 54.5 Å². The van der Waals surface area contributed by atoms with Crippen LogP contribution in [0.1, 0.15) is 20.1 Å². The Hall–Kier alpha value is -2.15. The zero-order chi connectivity index (χ0) is 14.2. The standard InChI is InChI=1S/C12H12N2O4S/c1-7-8(5-9(19-7)11(16)17)6-14-10(15)3-4-13(2)12(14)18/h3-5H,6H2,1-2H3,(H,16,17). The van der Waals surface area contributed by atoms with Gasteiger partial charge in [0.25, 0.3) is 5.56 Å². The molecule has 0 fully saturated rings. The van der Waals surface area contributed by atoms with Crippen LogP contribution in [-0.4, -0.2) is 20.2 Å². The molecule has 19 heavy (non-hydrogen) atoms. The lowest BCUT2D eigenvalue weighted by atomic mass is 10.2. The number of aromatic nitrogens is 2. The van der Waals surface area contributed by atoms with Crippen LogP contribution in [0.5, 0.6) is 0 Å². The van der Waals surface area contributed by atoms with Gasteiger partial charge in [-0.3, -0.25) is 9.36 Å². The Kier molecular flexibility index (Phi) is 3.39. The predicted octanol–water partition coefficient (Wildman–Crippen LogP) is 0.663. The highest BCUT2D eigenvalue weighted by molar-refractivity contribution is 7.14. The number of aryl methyl sites for hydroxylation is 2. The lowest BCUT2D eigenvalue weighted by molar-refractivity contribution is 0.0702. The lowest BCUT2D eigenvalue weighted by Crippen LogP contribution is -2.38. The molecule has 0 aliphatic rings. The summed E-state index contributed by atoms with van der Waals surface area (Å²) < 4.78 is 2.39. The summed E-state index contributed by atoms with van der Waals surface area (Å²) in [6.07, 6.45) is 1.41. The van der Waals surface area contributed by atoms with Gasteiger partial charge in [-0.25, -0.2) is 9.59 Å². The molecule has 7 heteroatoms. The van der Waals surface area contributed by atoms with E-state index in [1.54, 1.807) is 14.0 Å². The normalized spacial score (nSPS) is 10.6. The van der Waals surface area contributed by atoms with Gasteiger partial charge in [0.1, 0.15) is 4.88 Å². The molecule has 2 heterocycles. The highest BCUT2D eigenvalue weighted by Gasteiger charge is 2.13. The van der Waals surface area contributed by atoms with E-state index in [4.69, 9.17) is 5.11 Å². The highest BCUT2D eigenvalue weighted by atomic mass is 32.1. The third kappa shape index (κ3) is 2.50. The molecule has 0 unspecified atom stereocenters. The van der Waals surface area contributed by atoms with Gasteiger partial charge in [-0.05, 0) is 18.6 Å². The largest absolute Gasteiger partial charge is 0.477 e. The zero-order valence-electron chi connectivity index (χ0n) is 10.4. The van der Waals surface area contributed by atoms with E-state index in [2.05, 4.69) is 0 Å². The first-order valence-electron chi connectivity index (χ1n) is 5.49. The maximum absolute atomic E-state index is 11.9. The van der Waals surface area contributed by atoms with Crippen LogP contribution in [0.2, 0.25) is 0 Å². The van der Waals surface area contributed by atoms with E-state index >= 15 is 0 Å². The van der Waals surface area contributed by atoms with E-state index in [1.165, 1.54) is 22.9 Å². The summed E-state index contributed by atoms with van der Waals surface area (Å²) in [7, 11) is 1.56. The predicted molar refractivity (Wildman–Crippen MR) is 71.1 cm³/mol. The Labute approximate surface area is 112 Å². The molecule has 0 saturated carbocycles. The Morgan fingerprint density at radius 1 is 1.42 bits per heavy atom. The summed E-state index contributed by atoms with van der Waals surface area (Å²) in [5.74, 6) is -1.01. The van der Waals surface area contributed by atoms with Crippen molar-refractivity contribution in [3.63, 3.8) is 0 Å². The van der Waals surface area contributed by atoms with Crippen LogP contribution in [0.3, 0.4) is 0 Å². The second-order valence-electron chi connectivity index (χ2n) is 4.13. The van der Waals surface area contributed by atoms with Gasteiger partial charge in [-0.2, -0.15) is 0 Å². The number of aromatic carboxylic acids is 1. The van der Waals surface area contributed by atoms with Crippen molar-refractivity contribution in [2.45, 2.75) is 13.5 Å². The average molecular weight is 280 g/mol. The van der Waals surface area contributed by atoms with Crippen molar-refractivity contribution >= 4 is 17.3 Å². The van der Waals surface area contributed by atoms with Gasteiger partial charge in [-0.15, -0.1) is 11.3 Å². The number of hydrogen-bond donors (Lipinski definition) is 1. The Balaban J connectivity index is 2.48. The molecule has 2 aromatic rings. The first kappa shape index (κ1) is 13.3. The first-order valence-corrected chi connectivity index (χ1v) is 6.31. The molecule has 0 radical (unpaired) electrons. The first-order chi connectivity index (χ1) is 8.90. The van der Waals surface area contributed by atoms with Crippen molar-refractivity contribution in [2.24, 2.45) is 7.05 Å².